The average molecular weight is 410 g/mol. The number of benzene rings is 3. The van der Waals surface area contributed by atoms with Crippen LogP contribution in [-0.2, 0) is 0 Å². The number of rotatable bonds is 4. The van der Waals surface area contributed by atoms with Crippen LogP contribution in [0.3, 0.4) is 0 Å². The molecule has 0 saturated heterocycles. The fourth-order valence-electron chi connectivity index (χ4n) is 3.43. The summed E-state index contributed by atoms with van der Waals surface area (Å²) in [4.78, 5) is 10.5. The van der Waals surface area contributed by atoms with Crippen molar-refractivity contribution in [3.63, 3.8) is 0 Å². The van der Waals surface area contributed by atoms with E-state index < -0.39 is 4.92 Å². The minimum absolute atomic E-state index is 0.0243. The molecule has 0 fully saturated rings. The molecule has 0 radical (unpaired) electrons. The molecular formula is C25H18N2O4. The molecule has 0 atom stereocenters. The molecular weight excluding hydrogens is 392 g/mol. The molecule has 4 rings (SSSR count). The SMILES string of the molecule is COc1ccc(C2=CC(=C(C#N)c3ccc([N+](=O)[O-])cc3)c3cc(C)ccc3O2)cc1. The van der Waals surface area contributed by atoms with Gasteiger partial charge in [-0.2, -0.15) is 5.26 Å². The summed E-state index contributed by atoms with van der Waals surface area (Å²) in [7, 11) is 1.61. The van der Waals surface area contributed by atoms with Crippen LogP contribution in [0.25, 0.3) is 16.9 Å². The Morgan fingerprint density at radius 3 is 2.39 bits per heavy atom. The first-order valence-corrected chi connectivity index (χ1v) is 9.54. The minimum atomic E-state index is -0.461. The number of nitriles is 1. The molecule has 6 nitrogen and oxygen atoms in total. The van der Waals surface area contributed by atoms with Crippen LogP contribution in [0.15, 0.2) is 72.8 Å². The molecule has 0 aliphatic carbocycles. The zero-order valence-electron chi connectivity index (χ0n) is 17.0. The Balaban J connectivity index is 1.90. The number of hydrogen-bond acceptors (Lipinski definition) is 5. The van der Waals surface area contributed by atoms with Crippen molar-refractivity contribution >= 4 is 22.6 Å². The number of non-ortho nitro benzene ring substituents is 1. The van der Waals surface area contributed by atoms with Gasteiger partial charge in [-0.05, 0) is 67.1 Å². The second-order valence-corrected chi connectivity index (χ2v) is 7.04. The highest BCUT2D eigenvalue weighted by molar-refractivity contribution is 6.05. The summed E-state index contributed by atoms with van der Waals surface area (Å²) in [6.45, 7) is 1.97. The lowest BCUT2D eigenvalue weighted by Gasteiger charge is -2.22. The van der Waals surface area contributed by atoms with Gasteiger partial charge in [0.25, 0.3) is 5.69 Å². The third kappa shape index (κ3) is 3.89. The number of aryl methyl sites for hydroxylation is 1. The van der Waals surface area contributed by atoms with Gasteiger partial charge in [-0.25, -0.2) is 0 Å². The summed E-state index contributed by atoms with van der Waals surface area (Å²) in [6.07, 6.45) is 1.84. The van der Waals surface area contributed by atoms with E-state index in [1.807, 2.05) is 55.5 Å². The molecule has 0 aromatic heterocycles. The fourth-order valence-corrected chi connectivity index (χ4v) is 3.43. The van der Waals surface area contributed by atoms with E-state index in [1.54, 1.807) is 19.2 Å². The van der Waals surface area contributed by atoms with E-state index in [4.69, 9.17) is 9.47 Å². The lowest BCUT2D eigenvalue weighted by Crippen LogP contribution is -2.05. The van der Waals surface area contributed by atoms with Gasteiger partial charge in [-0.3, -0.25) is 10.1 Å². The molecule has 0 unspecified atom stereocenters. The molecule has 3 aromatic rings. The van der Waals surface area contributed by atoms with Crippen molar-refractivity contribution < 1.29 is 14.4 Å². The highest BCUT2D eigenvalue weighted by atomic mass is 16.6. The first-order chi connectivity index (χ1) is 15.0. The highest BCUT2D eigenvalue weighted by Crippen LogP contribution is 2.41. The normalized spacial score (nSPS) is 13.9. The number of nitro groups is 1. The van der Waals surface area contributed by atoms with E-state index in [2.05, 4.69) is 6.07 Å². The second-order valence-electron chi connectivity index (χ2n) is 7.04. The molecule has 0 bridgehead atoms. The number of methoxy groups -OCH3 is 1. The number of hydrogen-bond donors (Lipinski definition) is 0. The summed E-state index contributed by atoms with van der Waals surface area (Å²) in [5, 5.41) is 21.0. The Hall–Kier alpha value is -4.37. The van der Waals surface area contributed by atoms with Crippen LogP contribution >= 0.6 is 0 Å². The summed E-state index contributed by atoms with van der Waals surface area (Å²) < 4.78 is 11.4. The Kier molecular flexibility index (Phi) is 5.25. The summed E-state index contributed by atoms with van der Waals surface area (Å²) in [5.41, 5.74) is 4.36. The first-order valence-electron chi connectivity index (χ1n) is 9.54. The van der Waals surface area contributed by atoms with Gasteiger partial charge < -0.3 is 9.47 Å². The third-order valence-electron chi connectivity index (χ3n) is 5.04. The summed E-state index contributed by atoms with van der Waals surface area (Å²) in [5.74, 6) is 1.97. The number of nitrogens with zero attached hydrogens (tertiary/aromatic N) is 2. The van der Waals surface area contributed by atoms with Gasteiger partial charge in [-0.1, -0.05) is 11.6 Å². The van der Waals surface area contributed by atoms with Gasteiger partial charge in [0.05, 0.1) is 17.6 Å². The summed E-state index contributed by atoms with van der Waals surface area (Å²) in [6, 6.07) is 21.5. The standard InChI is InChI=1S/C25H18N2O4/c1-16-3-12-24-22(13-16)21(14-25(31-24)18-6-10-20(30-2)11-7-18)23(15-26)17-4-8-19(9-5-17)27(28)29/h3-14H,1-2H3. The molecule has 0 N–H and O–H groups in total. The van der Waals surface area contributed by atoms with Crippen LogP contribution in [-0.4, -0.2) is 12.0 Å². The smallest absolute Gasteiger partial charge is 0.269 e. The van der Waals surface area contributed by atoms with Crippen LogP contribution in [0, 0.1) is 28.4 Å². The predicted molar refractivity (Wildman–Crippen MR) is 118 cm³/mol. The number of allylic oxidation sites excluding steroid dienone is 3. The molecule has 6 heteroatoms. The average Bonchev–Trinajstić information content (AvgIpc) is 2.80. The fraction of sp³-hybridized carbons (Fsp3) is 0.0800. The number of ether oxygens (including phenoxy) is 2. The summed E-state index contributed by atoms with van der Waals surface area (Å²) >= 11 is 0. The van der Waals surface area contributed by atoms with E-state index in [1.165, 1.54) is 12.1 Å². The molecule has 1 aliphatic rings. The topological polar surface area (TPSA) is 85.4 Å². The van der Waals surface area contributed by atoms with Crippen molar-refractivity contribution in [3.05, 3.63) is 105 Å². The van der Waals surface area contributed by atoms with Gasteiger partial charge in [0.1, 0.15) is 23.3 Å². The minimum Gasteiger partial charge on any atom is -0.497 e. The molecule has 1 heterocycles. The van der Waals surface area contributed by atoms with E-state index in [-0.39, 0.29) is 5.69 Å². The molecule has 0 spiro atoms. The maximum absolute atomic E-state index is 11.0. The van der Waals surface area contributed by atoms with Crippen molar-refractivity contribution in [1.29, 1.82) is 5.26 Å². The lowest BCUT2D eigenvalue weighted by molar-refractivity contribution is -0.384. The number of fused-ring (bicyclic) bond motifs is 1. The van der Waals surface area contributed by atoms with Crippen molar-refractivity contribution in [2.75, 3.05) is 7.11 Å². The van der Waals surface area contributed by atoms with E-state index in [0.717, 1.165) is 22.4 Å². The molecule has 31 heavy (non-hydrogen) atoms. The molecule has 1 aliphatic heterocycles. The van der Waals surface area contributed by atoms with Gasteiger partial charge in [0.2, 0.25) is 0 Å². The third-order valence-corrected chi connectivity index (χ3v) is 5.04. The lowest BCUT2D eigenvalue weighted by atomic mass is 9.91. The van der Waals surface area contributed by atoms with Gasteiger partial charge >= 0.3 is 0 Å². The zero-order valence-corrected chi connectivity index (χ0v) is 17.0. The Labute approximate surface area is 179 Å². The Morgan fingerprint density at radius 1 is 1.06 bits per heavy atom. The van der Waals surface area contributed by atoms with Crippen LogP contribution in [0.5, 0.6) is 11.5 Å². The van der Waals surface area contributed by atoms with Crippen LogP contribution in [0.1, 0.15) is 22.3 Å². The van der Waals surface area contributed by atoms with E-state index in [9.17, 15) is 15.4 Å². The van der Waals surface area contributed by atoms with E-state index in [0.29, 0.717) is 28.2 Å². The van der Waals surface area contributed by atoms with Crippen LogP contribution in [0.4, 0.5) is 5.69 Å². The first kappa shape index (κ1) is 19.9. The van der Waals surface area contributed by atoms with Crippen molar-refractivity contribution in [3.8, 4) is 17.6 Å². The largest absolute Gasteiger partial charge is 0.497 e. The predicted octanol–water partition coefficient (Wildman–Crippen LogP) is 5.78. The van der Waals surface area contributed by atoms with Crippen molar-refractivity contribution in [2.24, 2.45) is 0 Å². The Bertz CT molecular complexity index is 1260. The van der Waals surface area contributed by atoms with Crippen LogP contribution in [0.2, 0.25) is 0 Å². The zero-order chi connectivity index (χ0) is 22.0. The van der Waals surface area contributed by atoms with Crippen molar-refractivity contribution in [2.45, 2.75) is 6.92 Å². The maximum Gasteiger partial charge on any atom is 0.269 e. The molecule has 0 saturated carbocycles. The second kappa shape index (κ2) is 8.17. The van der Waals surface area contributed by atoms with Crippen LogP contribution < -0.4 is 9.47 Å². The van der Waals surface area contributed by atoms with E-state index >= 15 is 0 Å². The maximum atomic E-state index is 11.0. The molecule has 0 amide bonds. The highest BCUT2D eigenvalue weighted by Gasteiger charge is 2.22. The molecule has 3 aromatic carbocycles. The number of nitro benzene ring substituents is 1. The van der Waals surface area contributed by atoms with Gasteiger partial charge in [0, 0.05) is 28.8 Å². The van der Waals surface area contributed by atoms with Gasteiger partial charge in [0.15, 0.2) is 0 Å². The quantitative estimate of drug-likeness (QED) is 0.309. The van der Waals surface area contributed by atoms with Crippen molar-refractivity contribution in [1.82, 2.24) is 0 Å². The van der Waals surface area contributed by atoms with Gasteiger partial charge in [-0.15, -0.1) is 0 Å². The molecule has 152 valence electrons. The monoisotopic (exact) mass is 410 g/mol. The Morgan fingerprint density at radius 2 is 1.77 bits per heavy atom.